The highest BCUT2D eigenvalue weighted by atomic mass is 16.3. The standard InChI is InChI=1S/C58H43NO/c1-57(2)48-21-12-10-19-43(48)45-31-29-38(34-50(45)57)36-25-27-37(28-26-36)54-42-18-9-8-15-39(42)33-47-55-52(23-14-24-53(55)60-56(47)54)59(40-16-6-5-7-17-40)41-30-32-46-44-20-11-13-22-49(44)58(3,4)51(46)35-41/h5-35H,1-4H3. The van der Waals surface area contributed by atoms with Crippen molar-refractivity contribution in [1.29, 1.82) is 0 Å². The fourth-order valence-corrected chi connectivity index (χ4v) is 10.6. The Morgan fingerprint density at radius 2 is 0.983 bits per heavy atom. The second-order valence-electron chi connectivity index (χ2n) is 17.7. The van der Waals surface area contributed by atoms with E-state index in [0.717, 1.165) is 50.1 Å². The summed E-state index contributed by atoms with van der Waals surface area (Å²) in [7, 11) is 0. The fraction of sp³-hybridized carbons (Fsp3) is 0.103. The summed E-state index contributed by atoms with van der Waals surface area (Å²) < 4.78 is 7.05. The molecule has 1 heterocycles. The molecule has 286 valence electrons. The highest BCUT2D eigenvalue weighted by molar-refractivity contribution is 6.22. The van der Waals surface area contributed by atoms with Gasteiger partial charge < -0.3 is 9.32 Å². The summed E-state index contributed by atoms with van der Waals surface area (Å²) in [5.41, 5.74) is 20.4. The van der Waals surface area contributed by atoms with E-state index in [9.17, 15) is 0 Å². The van der Waals surface area contributed by atoms with Crippen molar-refractivity contribution in [3.63, 3.8) is 0 Å². The molecule has 9 aromatic carbocycles. The summed E-state index contributed by atoms with van der Waals surface area (Å²) in [4.78, 5) is 2.41. The highest BCUT2D eigenvalue weighted by Crippen LogP contribution is 2.53. The third kappa shape index (κ3) is 4.94. The first kappa shape index (κ1) is 34.8. The van der Waals surface area contributed by atoms with Gasteiger partial charge in [0.05, 0.1) is 11.1 Å². The number of nitrogens with zero attached hydrogens (tertiary/aromatic N) is 1. The second kappa shape index (κ2) is 12.7. The fourth-order valence-electron chi connectivity index (χ4n) is 10.6. The zero-order valence-electron chi connectivity index (χ0n) is 34.3. The van der Waals surface area contributed by atoms with Crippen molar-refractivity contribution in [2.75, 3.05) is 4.90 Å². The summed E-state index contributed by atoms with van der Waals surface area (Å²) in [6.45, 7) is 9.40. The van der Waals surface area contributed by atoms with Gasteiger partial charge in [0.1, 0.15) is 11.2 Å². The van der Waals surface area contributed by atoms with E-state index in [0.29, 0.717) is 0 Å². The van der Waals surface area contributed by atoms with Crippen molar-refractivity contribution in [3.05, 3.63) is 210 Å². The van der Waals surface area contributed by atoms with Crippen LogP contribution in [0.2, 0.25) is 0 Å². The molecule has 60 heavy (non-hydrogen) atoms. The molecule has 0 saturated heterocycles. The van der Waals surface area contributed by atoms with Crippen LogP contribution in [-0.4, -0.2) is 0 Å². The average Bonchev–Trinajstić information content (AvgIpc) is 3.85. The zero-order chi connectivity index (χ0) is 40.3. The molecule has 0 aliphatic heterocycles. The Labute approximate surface area is 351 Å². The summed E-state index contributed by atoms with van der Waals surface area (Å²) in [5, 5.41) is 4.57. The van der Waals surface area contributed by atoms with Crippen LogP contribution in [0.5, 0.6) is 0 Å². The third-order valence-corrected chi connectivity index (χ3v) is 13.7. The van der Waals surface area contributed by atoms with Crippen molar-refractivity contribution >= 4 is 49.8 Å². The largest absolute Gasteiger partial charge is 0.455 e. The first-order chi connectivity index (χ1) is 29.3. The minimum atomic E-state index is -0.120. The van der Waals surface area contributed by atoms with Crippen molar-refractivity contribution in [2.24, 2.45) is 0 Å². The Kier molecular flexibility index (Phi) is 7.36. The Bertz CT molecular complexity index is 3370. The lowest BCUT2D eigenvalue weighted by Gasteiger charge is -2.28. The van der Waals surface area contributed by atoms with Crippen LogP contribution in [0.4, 0.5) is 17.1 Å². The first-order valence-corrected chi connectivity index (χ1v) is 21.1. The predicted octanol–water partition coefficient (Wildman–Crippen LogP) is 16.2. The second-order valence-corrected chi connectivity index (χ2v) is 17.7. The number of furan rings is 1. The van der Waals surface area contributed by atoms with Gasteiger partial charge in [0.15, 0.2) is 0 Å². The van der Waals surface area contributed by atoms with E-state index in [2.05, 4.69) is 221 Å². The Morgan fingerprint density at radius 1 is 0.400 bits per heavy atom. The lowest BCUT2D eigenvalue weighted by molar-refractivity contribution is 0.660. The van der Waals surface area contributed by atoms with E-state index in [-0.39, 0.29) is 10.8 Å². The summed E-state index contributed by atoms with van der Waals surface area (Å²) in [6, 6.07) is 69.1. The van der Waals surface area contributed by atoms with Gasteiger partial charge in [-0.3, -0.25) is 0 Å². The van der Waals surface area contributed by atoms with Crippen molar-refractivity contribution in [2.45, 2.75) is 38.5 Å². The molecule has 10 aromatic rings. The molecule has 0 spiro atoms. The lowest BCUT2D eigenvalue weighted by atomic mass is 9.81. The molecular weight excluding hydrogens is 727 g/mol. The summed E-state index contributed by atoms with van der Waals surface area (Å²) in [5.74, 6) is 0. The number of rotatable bonds is 5. The van der Waals surface area contributed by atoms with Gasteiger partial charge in [0.2, 0.25) is 0 Å². The Balaban J connectivity index is 1.02. The molecule has 1 aromatic heterocycles. The van der Waals surface area contributed by atoms with Crippen molar-refractivity contribution in [1.82, 2.24) is 0 Å². The number of hydrogen-bond donors (Lipinski definition) is 0. The summed E-state index contributed by atoms with van der Waals surface area (Å²) >= 11 is 0. The molecular formula is C58H43NO. The van der Waals surface area contributed by atoms with Gasteiger partial charge in [0.25, 0.3) is 0 Å². The predicted molar refractivity (Wildman–Crippen MR) is 252 cm³/mol. The van der Waals surface area contributed by atoms with Gasteiger partial charge in [0, 0.05) is 33.2 Å². The van der Waals surface area contributed by atoms with Crippen LogP contribution >= 0.6 is 0 Å². The molecule has 12 rings (SSSR count). The van der Waals surface area contributed by atoms with E-state index in [4.69, 9.17) is 4.42 Å². The maximum Gasteiger partial charge on any atom is 0.143 e. The third-order valence-electron chi connectivity index (χ3n) is 13.7. The quantitative estimate of drug-likeness (QED) is 0.173. The number of fused-ring (bicyclic) bond motifs is 10. The van der Waals surface area contributed by atoms with Gasteiger partial charge in [-0.05, 0) is 121 Å². The Morgan fingerprint density at radius 3 is 1.72 bits per heavy atom. The minimum Gasteiger partial charge on any atom is -0.455 e. The van der Waals surface area contributed by atoms with E-state index in [1.54, 1.807) is 0 Å². The van der Waals surface area contributed by atoms with Crippen LogP contribution in [0.15, 0.2) is 192 Å². The number of para-hydroxylation sites is 1. The van der Waals surface area contributed by atoms with E-state index >= 15 is 0 Å². The molecule has 2 nitrogen and oxygen atoms in total. The van der Waals surface area contributed by atoms with E-state index in [1.165, 1.54) is 66.4 Å². The maximum atomic E-state index is 7.05. The monoisotopic (exact) mass is 769 g/mol. The lowest BCUT2D eigenvalue weighted by Crippen LogP contribution is -2.16. The average molecular weight is 770 g/mol. The number of benzene rings is 9. The van der Waals surface area contributed by atoms with E-state index in [1.807, 2.05) is 0 Å². The van der Waals surface area contributed by atoms with Crippen LogP contribution in [0, 0.1) is 0 Å². The molecule has 2 heteroatoms. The van der Waals surface area contributed by atoms with Gasteiger partial charge in [-0.15, -0.1) is 0 Å². The minimum absolute atomic E-state index is 0.0460. The highest BCUT2D eigenvalue weighted by Gasteiger charge is 2.37. The zero-order valence-corrected chi connectivity index (χ0v) is 34.3. The van der Waals surface area contributed by atoms with E-state index < -0.39 is 0 Å². The van der Waals surface area contributed by atoms with Crippen LogP contribution in [0.3, 0.4) is 0 Å². The van der Waals surface area contributed by atoms with Crippen LogP contribution in [-0.2, 0) is 10.8 Å². The molecule has 0 saturated carbocycles. The molecule has 0 bridgehead atoms. The molecule has 2 aliphatic rings. The first-order valence-electron chi connectivity index (χ1n) is 21.1. The molecule has 0 radical (unpaired) electrons. The van der Waals surface area contributed by atoms with Crippen LogP contribution in [0.1, 0.15) is 49.9 Å². The van der Waals surface area contributed by atoms with Crippen molar-refractivity contribution in [3.8, 4) is 44.5 Å². The SMILES string of the molecule is CC1(C)c2ccccc2-c2ccc(-c3ccc(-c4c5ccccc5cc5c4oc4cccc(N(c6ccccc6)c6ccc7c(c6)C(C)(C)c6ccccc6-7)c45)cc3)cc21. The molecule has 0 fully saturated rings. The smallest absolute Gasteiger partial charge is 0.143 e. The Hall–Kier alpha value is -7.16. The number of anilines is 3. The molecule has 0 N–H and O–H groups in total. The summed E-state index contributed by atoms with van der Waals surface area (Å²) in [6.07, 6.45) is 0. The van der Waals surface area contributed by atoms with Gasteiger partial charge >= 0.3 is 0 Å². The number of hydrogen-bond acceptors (Lipinski definition) is 2. The topological polar surface area (TPSA) is 16.4 Å². The molecule has 0 unspecified atom stereocenters. The van der Waals surface area contributed by atoms with Crippen molar-refractivity contribution < 1.29 is 4.42 Å². The molecule has 0 atom stereocenters. The molecule has 2 aliphatic carbocycles. The van der Waals surface area contributed by atoms with Gasteiger partial charge in [-0.1, -0.05) is 167 Å². The maximum absolute atomic E-state index is 7.05. The van der Waals surface area contributed by atoms with Crippen LogP contribution < -0.4 is 4.90 Å². The van der Waals surface area contributed by atoms with Gasteiger partial charge in [-0.2, -0.15) is 0 Å². The molecule has 0 amide bonds. The van der Waals surface area contributed by atoms with Crippen LogP contribution in [0.25, 0.3) is 77.2 Å². The normalized spacial score (nSPS) is 14.3. The van der Waals surface area contributed by atoms with Gasteiger partial charge in [-0.25, -0.2) is 0 Å².